The molecule has 0 aliphatic carbocycles. The minimum Gasteiger partial charge on any atom is -1.00 e. The van der Waals surface area contributed by atoms with Crippen molar-refractivity contribution in [2.45, 2.75) is 53.4 Å². The Morgan fingerprint density at radius 3 is 0.688 bits per heavy atom. The summed E-state index contributed by atoms with van der Waals surface area (Å²) in [5, 5.41) is 22.7. The van der Waals surface area contributed by atoms with Gasteiger partial charge in [0.15, 0.2) is 0 Å². The van der Waals surface area contributed by atoms with Crippen molar-refractivity contribution in [2.24, 2.45) is 0 Å². The van der Waals surface area contributed by atoms with E-state index in [1.165, 1.54) is 125 Å². The zero-order valence-corrected chi connectivity index (χ0v) is 56.6. The summed E-state index contributed by atoms with van der Waals surface area (Å²) < 4.78 is 0. The summed E-state index contributed by atoms with van der Waals surface area (Å²) in [6.07, 6.45) is 10.8. The van der Waals surface area contributed by atoms with E-state index in [1.807, 2.05) is 0 Å². The van der Waals surface area contributed by atoms with E-state index >= 15 is 0 Å². The number of rotatable bonds is 16. The van der Waals surface area contributed by atoms with Crippen LogP contribution in [0, 0.1) is 0 Å². The number of hydrogen-bond donors (Lipinski definition) is 0. The molecule has 0 N–H and O–H groups in total. The Morgan fingerprint density at radius 1 is 0.263 bits per heavy atom. The van der Waals surface area contributed by atoms with E-state index in [2.05, 4.69) is 295 Å². The molecule has 0 heterocycles. The molecule has 0 bridgehead atoms. The molecule has 404 valence electrons. The number of hydrogen-bond acceptors (Lipinski definition) is 0. The monoisotopic (exact) mass is 1310 g/mol. The summed E-state index contributed by atoms with van der Waals surface area (Å²) in [6, 6.07) is 97.1. The molecular formula is C72H72Cl2P4Zr2-2. The van der Waals surface area contributed by atoms with Gasteiger partial charge in [-0.25, -0.2) is 0 Å². The van der Waals surface area contributed by atoms with E-state index in [0.717, 1.165) is 0 Å². The zero-order valence-electron chi connectivity index (χ0n) is 46.6. The zero-order chi connectivity index (χ0) is 52.3. The van der Waals surface area contributed by atoms with Crippen LogP contribution in [0.15, 0.2) is 267 Å². The Hall–Kier alpha value is -3.73. The minimum absolute atomic E-state index is 0. The van der Waals surface area contributed by atoms with E-state index in [0.29, 0.717) is 0 Å². The van der Waals surface area contributed by atoms with Gasteiger partial charge < -0.3 is 24.8 Å². The van der Waals surface area contributed by atoms with Crippen LogP contribution in [0.5, 0.6) is 0 Å². The van der Waals surface area contributed by atoms with Crippen molar-refractivity contribution in [2.75, 3.05) is 24.6 Å². The molecule has 12 aromatic rings. The van der Waals surface area contributed by atoms with Gasteiger partial charge in [0.05, 0.1) is 0 Å². The van der Waals surface area contributed by atoms with E-state index in [-0.39, 0.29) is 93.1 Å². The van der Waals surface area contributed by atoms with Crippen LogP contribution in [0.1, 0.15) is 53.4 Å². The van der Waals surface area contributed by atoms with Crippen LogP contribution < -0.4 is 67.3 Å². The maximum Gasteiger partial charge on any atom is 2.00 e. The van der Waals surface area contributed by atoms with Crippen LogP contribution in [-0.2, 0) is 52.4 Å². The smallest absolute Gasteiger partial charge is 1.00 e. The molecule has 0 aromatic heterocycles. The molecule has 0 nitrogen and oxygen atoms in total. The summed E-state index contributed by atoms with van der Waals surface area (Å²) in [4.78, 5) is 0. The van der Waals surface area contributed by atoms with Gasteiger partial charge in [0.25, 0.3) is 0 Å². The van der Waals surface area contributed by atoms with Crippen LogP contribution in [0.2, 0.25) is 0 Å². The Labute approximate surface area is 534 Å². The van der Waals surface area contributed by atoms with Crippen molar-refractivity contribution >= 4 is 117 Å². The van der Waals surface area contributed by atoms with E-state index < -0.39 is 15.8 Å². The largest absolute Gasteiger partial charge is 2.00 e. The third kappa shape index (κ3) is 18.1. The molecule has 8 heteroatoms. The second-order valence-electron chi connectivity index (χ2n) is 19.4. The minimum atomic E-state index is -0.493. The molecule has 0 saturated heterocycles. The van der Waals surface area contributed by atoms with Gasteiger partial charge in [0.2, 0.25) is 0 Å². The molecule has 0 unspecified atom stereocenters. The van der Waals surface area contributed by atoms with Crippen molar-refractivity contribution in [3.05, 3.63) is 267 Å². The topological polar surface area (TPSA) is 0 Å². The molecule has 0 amide bonds. The summed E-state index contributed by atoms with van der Waals surface area (Å²) in [7, 11) is -0.791. The maximum atomic E-state index is 2.41. The van der Waals surface area contributed by atoms with Crippen LogP contribution in [-0.4, -0.2) is 24.6 Å². The molecule has 12 rings (SSSR count). The van der Waals surface area contributed by atoms with Gasteiger partial charge in [-0.15, -0.1) is 161 Å². The van der Waals surface area contributed by atoms with Crippen molar-refractivity contribution < 1.29 is 77.2 Å². The molecule has 0 aliphatic rings. The summed E-state index contributed by atoms with van der Waals surface area (Å²) in [6.45, 7) is 9.20. The first-order valence-electron chi connectivity index (χ1n) is 27.5. The number of fused-ring (bicyclic) bond motifs is 4. The molecule has 80 heavy (non-hydrogen) atoms. The predicted octanol–water partition coefficient (Wildman–Crippen LogP) is 11.6. The number of halogens is 2. The van der Waals surface area contributed by atoms with Crippen LogP contribution in [0.25, 0.3) is 43.1 Å². The second kappa shape index (κ2) is 35.4. The van der Waals surface area contributed by atoms with Crippen LogP contribution in [0.3, 0.4) is 0 Å². The summed E-state index contributed by atoms with van der Waals surface area (Å²) >= 11 is 0. The van der Waals surface area contributed by atoms with Gasteiger partial charge >= 0.3 is 52.4 Å². The quantitative estimate of drug-likeness (QED) is 0.0668. The van der Waals surface area contributed by atoms with E-state index in [4.69, 9.17) is 0 Å². The average molecular weight is 1310 g/mol. The average Bonchev–Trinajstić information content (AvgIpc) is 4.31. The number of benzene rings is 8. The van der Waals surface area contributed by atoms with Gasteiger partial charge in [0.1, 0.15) is 0 Å². The molecular weight excluding hydrogens is 1240 g/mol. The fourth-order valence-corrected chi connectivity index (χ4v) is 19.9. The van der Waals surface area contributed by atoms with Crippen LogP contribution >= 0.6 is 31.7 Å². The van der Waals surface area contributed by atoms with Gasteiger partial charge in [0, 0.05) is 0 Å². The second-order valence-corrected chi connectivity index (χ2v) is 28.8. The normalized spacial score (nSPS) is 10.7. The standard InChI is InChI=1S/2C21H16P.2C15H20P.2ClH.2Zr/c2*1-3-11-19(12-4-1)22(20-13-5-2-6-14-20)21-15-17-9-7-8-10-18(17)16-21;2*1-3-9-16(10-4-2)15-11-13-7-5-6-8-14(13)12-15;;;;/h2*1-16H;2*5-8,11-12H,3-4,9-10H2,1-2H3;2*1H;;/q4*-1;;;2*+2/p-2. The van der Waals surface area contributed by atoms with E-state index in [9.17, 15) is 0 Å². The molecule has 0 saturated carbocycles. The maximum absolute atomic E-state index is 2.41. The fourth-order valence-electron chi connectivity index (χ4n) is 10.2. The third-order valence-electron chi connectivity index (χ3n) is 13.7. The van der Waals surface area contributed by atoms with Crippen LogP contribution in [0.4, 0.5) is 0 Å². The summed E-state index contributed by atoms with van der Waals surface area (Å²) in [5.41, 5.74) is 0. The van der Waals surface area contributed by atoms with Gasteiger partial charge in [-0.3, -0.25) is 0 Å². The first-order valence-corrected chi connectivity index (χ1v) is 33.6. The van der Waals surface area contributed by atoms with Crippen molar-refractivity contribution in [1.29, 1.82) is 0 Å². The predicted molar refractivity (Wildman–Crippen MR) is 349 cm³/mol. The summed E-state index contributed by atoms with van der Waals surface area (Å²) in [5.74, 6) is 0. The Kier molecular flexibility index (Phi) is 29.7. The van der Waals surface area contributed by atoms with Gasteiger partial charge in [-0.05, 0) is 61.7 Å². The molecule has 0 radical (unpaired) electrons. The molecule has 0 atom stereocenters. The Bertz CT molecular complexity index is 3130. The fraction of sp³-hybridized carbons (Fsp3) is 0.167. The van der Waals surface area contributed by atoms with Crippen molar-refractivity contribution in [3.8, 4) is 0 Å². The van der Waals surface area contributed by atoms with Crippen molar-refractivity contribution in [3.63, 3.8) is 0 Å². The first-order chi connectivity index (χ1) is 37.5. The van der Waals surface area contributed by atoms with Gasteiger partial charge in [-0.1, -0.05) is 215 Å². The van der Waals surface area contributed by atoms with Gasteiger partial charge in [-0.2, -0.15) is 24.3 Å². The Morgan fingerprint density at radius 2 is 0.463 bits per heavy atom. The molecule has 0 aliphatic heterocycles. The Balaban J connectivity index is 0.000000195. The first kappa shape index (κ1) is 67.1. The third-order valence-corrected chi connectivity index (χ3v) is 24.4. The molecule has 12 aromatic carbocycles. The van der Waals surface area contributed by atoms with E-state index in [1.54, 1.807) is 10.6 Å². The van der Waals surface area contributed by atoms with Crippen molar-refractivity contribution in [1.82, 2.24) is 0 Å². The molecule has 0 spiro atoms. The SMILES string of the molecule is CCCP(CCC)c1cc2ccccc2[cH-]1.CCCP(CCC)c1cc2ccccc2[cH-]1.[Cl-].[Cl-].[Zr+2].[Zr+2].c1ccc(P(c2ccccc2)c2cc3ccccc3[cH-]2)cc1.c1ccc(P(c2ccccc2)c2cc3ccccc3[cH-]2)cc1. The molecule has 0 fully saturated rings.